The molecule has 6 aromatic rings. The molecular formula is C31H28BIrN5. The molecule has 3 aromatic heterocycles. The fraction of sp³-hybridized carbons (Fsp3) is 0.0645. The number of aromatic nitrogens is 5. The van der Waals surface area contributed by atoms with Gasteiger partial charge in [-0.1, -0.05) is 71.8 Å². The number of rotatable bonds is 3. The predicted octanol–water partition coefficient (Wildman–Crippen LogP) is 4.71. The minimum Gasteiger partial charge on any atom is -0.366 e. The Labute approximate surface area is 237 Å². The van der Waals surface area contributed by atoms with Crippen LogP contribution in [0.25, 0.3) is 22.4 Å². The van der Waals surface area contributed by atoms with Gasteiger partial charge >= 0.3 is 6.42 Å². The van der Waals surface area contributed by atoms with Crippen LogP contribution in [0, 0.1) is 6.07 Å². The van der Waals surface area contributed by atoms with Gasteiger partial charge in [0.05, 0.1) is 0 Å². The molecule has 0 unspecified atom stereocenters. The third kappa shape index (κ3) is 4.34. The number of imidazole rings is 2. The van der Waals surface area contributed by atoms with E-state index in [0.717, 1.165) is 11.3 Å². The van der Waals surface area contributed by atoms with Crippen LogP contribution in [0.15, 0.2) is 135 Å². The van der Waals surface area contributed by atoms with Gasteiger partial charge in [-0.15, -0.1) is 46.8 Å². The molecule has 7 rings (SSSR count). The molecule has 0 bridgehead atoms. The minimum absolute atomic E-state index is 0. The average Bonchev–Trinajstić information content (AvgIpc) is 3.66. The maximum absolute atomic E-state index is 4.22. The third-order valence-electron chi connectivity index (χ3n) is 7.17. The maximum atomic E-state index is 4.22. The van der Waals surface area contributed by atoms with Crippen LogP contribution in [0.4, 0.5) is 0 Å². The molecule has 7 heteroatoms. The summed E-state index contributed by atoms with van der Waals surface area (Å²) in [6.45, 7) is 0. The quantitative estimate of drug-likeness (QED) is 0.198. The van der Waals surface area contributed by atoms with Gasteiger partial charge in [-0.25, -0.2) is 9.13 Å². The molecule has 0 atom stereocenters. The van der Waals surface area contributed by atoms with Crippen LogP contribution >= 0.6 is 0 Å². The molecule has 0 N–H and O–H groups in total. The molecule has 3 aromatic carbocycles. The molecule has 0 spiro atoms. The van der Waals surface area contributed by atoms with E-state index in [-0.39, 0.29) is 20.1 Å². The molecule has 1 aliphatic heterocycles. The number of hydrogen-bond acceptors (Lipinski definition) is 1. The summed E-state index contributed by atoms with van der Waals surface area (Å²) in [4.78, 5) is 4.22. The van der Waals surface area contributed by atoms with Gasteiger partial charge in [0.2, 0.25) is 0 Å². The largest absolute Gasteiger partial charge is 0.366 e. The summed E-state index contributed by atoms with van der Waals surface area (Å²) in [7, 11) is 4.14. The van der Waals surface area contributed by atoms with Crippen LogP contribution in [0.3, 0.4) is 0 Å². The SMILES string of the molecule is Cn1ccn([B-]2(n3ccn(C)[cH+]3)c3ccccc3-c3ccccc32)[cH+]1.[Ir].[c-]1ccccc1-c1ccccn1. The topological polar surface area (TPSA) is 32.6 Å². The van der Waals surface area contributed by atoms with Crippen molar-refractivity contribution in [2.24, 2.45) is 14.1 Å². The summed E-state index contributed by atoms with van der Waals surface area (Å²) in [5.41, 5.74) is 7.38. The fourth-order valence-electron chi connectivity index (χ4n) is 5.61. The van der Waals surface area contributed by atoms with Gasteiger partial charge in [-0.05, 0) is 11.8 Å². The van der Waals surface area contributed by atoms with E-state index in [2.05, 4.69) is 129 Å². The Morgan fingerprint density at radius 1 is 0.658 bits per heavy atom. The number of fused-ring (bicyclic) bond motifs is 3. The van der Waals surface area contributed by atoms with Gasteiger partial charge in [0.15, 0.2) is 12.4 Å². The molecule has 0 fully saturated rings. The number of aryl methyl sites for hydroxylation is 2. The van der Waals surface area contributed by atoms with Crippen LogP contribution < -0.4 is 10.9 Å². The summed E-state index contributed by atoms with van der Waals surface area (Å²) in [5.74, 6) is 0. The second-order valence-electron chi connectivity index (χ2n) is 9.49. The fourth-order valence-corrected chi connectivity index (χ4v) is 5.61. The zero-order chi connectivity index (χ0) is 25.2. The van der Waals surface area contributed by atoms with Crippen molar-refractivity contribution in [1.29, 1.82) is 0 Å². The first kappa shape index (κ1) is 25.6. The molecular weight excluding hydrogens is 645 g/mol. The van der Waals surface area contributed by atoms with E-state index in [9.17, 15) is 0 Å². The van der Waals surface area contributed by atoms with Crippen LogP contribution in [0.2, 0.25) is 0 Å². The Bertz CT molecular complexity index is 1540. The van der Waals surface area contributed by atoms with Crippen molar-refractivity contribution in [3.8, 4) is 22.4 Å². The normalized spacial score (nSPS) is 12.5. The van der Waals surface area contributed by atoms with E-state index in [4.69, 9.17) is 0 Å². The van der Waals surface area contributed by atoms with Crippen LogP contribution in [0.1, 0.15) is 0 Å². The second-order valence-corrected chi connectivity index (χ2v) is 9.49. The summed E-state index contributed by atoms with van der Waals surface area (Å²) in [5, 5.41) is 0. The smallest absolute Gasteiger partial charge is 0.304 e. The van der Waals surface area contributed by atoms with Gasteiger partial charge in [0.1, 0.15) is 25.0 Å². The number of hydrogen-bond donors (Lipinski definition) is 0. The third-order valence-corrected chi connectivity index (χ3v) is 7.17. The van der Waals surface area contributed by atoms with Gasteiger partial charge in [-0.2, -0.15) is 0 Å². The maximum Gasteiger partial charge on any atom is 0.304 e. The Morgan fingerprint density at radius 3 is 1.68 bits per heavy atom. The minimum atomic E-state index is -1.31. The molecule has 0 saturated carbocycles. The van der Waals surface area contributed by atoms with E-state index in [1.165, 1.54) is 22.1 Å². The molecule has 0 amide bonds. The van der Waals surface area contributed by atoms with Gasteiger partial charge in [0.25, 0.3) is 0 Å². The van der Waals surface area contributed by atoms with E-state index in [0.29, 0.717) is 0 Å². The monoisotopic (exact) mass is 674 g/mol. The van der Waals surface area contributed by atoms with Crippen molar-refractivity contribution in [2.45, 2.75) is 0 Å². The summed E-state index contributed by atoms with van der Waals surface area (Å²) >= 11 is 0. The van der Waals surface area contributed by atoms with E-state index in [1.807, 2.05) is 42.5 Å². The molecule has 4 heterocycles. The molecule has 5 nitrogen and oxygen atoms in total. The van der Waals surface area contributed by atoms with Crippen LogP contribution in [0.5, 0.6) is 0 Å². The van der Waals surface area contributed by atoms with Crippen molar-refractivity contribution >= 4 is 17.3 Å². The molecule has 38 heavy (non-hydrogen) atoms. The number of pyridine rings is 1. The summed E-state index contributed by atoms with van der Waals surface area (Å²) in [6, 6.07) is 34.4. The van der Waals surface area contributed by atoms with Crippen LogP contribution in [-0.2, 0) is 34.2 Å². The first-order valence-corrected chi connectivity index (χ1v) is 12.5. The van der Waals surface area contributed by atoms with E-state index in [1.54, 1.807) is 6.20 Å². The first-order chi connectivity index (χ1) is 18.2. The van der Waals surface area contributed by atoms with Crippen molar-refractivity contribution in [1.82, 2.24) is 23.1 Å². The van der Waals surface area contributed by atoms with Crippen molar-refractivity contribution in [3.63, 3.8) is 0 Å². The van der Waals surface area contributed by atoms with Crippen molar-refractivity contribution in [3.05, 3.63) is 141 Å². The Kier molecular flexibility index (Phi) is 7.23. The molecule has 189 valence electrons. The number of benzene rings is 3. The van der Waals surface area contributed by atoms with Gasteiger partial charge in [0, 0.05) is 40.4 Å². The average molecular weight is 674 g/mol. The Balaban J connectivity index is 0.000000191. The van der Waals surface area contributed by atoms with Crippen molar-refractivity contribution < 1.29 is 20.1 Å². The zero-order valence-electron chi connectivity index (χ0n) is 21.3. The second kappa shape index (κ2) is 10.7. The van der Waals surface area contributed by atoms with Gasteiger partial charge in [-0.3, -0.25) is 0 Å². The Hall–Kier alpha value is -4.06. The standard InChI is InChI=1S/C20H20BN4.C11H8N.Ir/c1-22-11-13-24(15-22)21(25-14-12-23(2)16-25)19-9-5-3-7-17(19)18-8-4-6-10-20(18)21;1-2-6-10(7-3-1)11-8-4-5-9-12-11;/h3-16H,1-2H3;1-6,8-9H;/q+1;-1;. The molecule has 1 radical (unpaired) electrons. The summed E-state index contributed by atoms with van der Waals surface area (Å²) in [6.07, 6.45) is 13.4. The molecule has 1 aliphatic rings. The van der Waals surface area contributed by atoms with Gasteiger partial charge < -0.3 is 13.9 Å². The predicted molar refractivity (Wildman–Crippen MR) is 152 cm³/mol. The van der Waals surface area contributed by atoms with E-state index >= 15 is 0 Å². The number of nitrogens with zero attached hydrogens (tertiary/aromatic N) is 5. The molecule has 0 saturated heterocycles. The molecule has 0 aliphatic carbocycles. The van der Waals surface area contributed by atoms with Crippen LogP contribution in [-0.4, -0.2) is 29.5 Å². The van der Waals surface area contributed by atoms with E-state index < -0.39 is 6.42 Å². The Morgan fingerprint density at radius 2 is 1.21 bits per heavy atom. The zero-order valence-corrected chi connectivity index (χ0v) is 23.7. The summed E-state index contributed by atoms with van der Waals surface area (Å²) < 4.78 is 8.95. The first-order valence-electron chi connectivity index (χ1n) is 12.5. The van der Waals surface area contributed by atoms with Crippen molar-refractivity contribution in [2.75, 3.05) is 0 Å².